The summed E-state index contributed by atoms with van der Waals surface area (Å²) in [4.78, 5) is 11.6. The van der Waals surface area contributed by atoms with E-state index in [0.29, 0.717) is 23.3 Å². The largest absolute Gasteiger partial charge is 0.472 e. The van der Waals surface area contributed by atoms with E-state index in [0.717, 1.165) is 13.0 Å². The lowest BCUT2D eigenvalue weighted by molar-refractivity contribution is -0.141. The fourth-order valence-corrected chi connectivity index (χ4v) is 3.40. The van der Waals surface area contributed by atoms with Crippen molar-refractivity contribution in [2.45, 2.75) is 19.6 Å². The van der Waals surface area contributed by atoms with Crippen LogP contribution in [0, 0.1) is 23.7 Å². The minimum Gasteiger partial charge on any atom is -0.472 e. The predicted molar refractivity (Wildman–Crippen MR) is 55.2 cm³/mol. The van der Waals surface area contributed by atoms with Crippen molar-refractivity contribution < 1.29 is 19.0 Å². The van der Waals surface area contributed by atoms with Crippen molar-refractivity contribution >= 4 is 5.97 Å². The van der Waals surface area contributed by atoms with Gasteiger partial charge in [-0.05, 0) is 18.3 Å². The van der Waals surface area contributed by atoms with Crippen LogP contribution in [0.25, 0.3) is 0 Å². The highest BCUT2D eigenvalue weighted by atomic mass is 16.7. The first-order valence-corrected chi connectivity index (χ1v) is 5.78. The highest BCUT2D eigenvalue weighted by molar-refractivity contribution is 5.89. The van der Waals surface area contributed by atoms with E-state index in [1.807, 2.05) is 0 Å². The molecule has 88 valence electrons. The molecule has 0 aromatic rings. The van der Waals surface area contributed by atoms with Crippen LogP contribution in [0.5, 0.6) is 0 Å². The van der Waals surface area contributed by atoms with E-state index in [1.54, 1.807) is 0 Å². The van der Waals surface area contributed by atoms with Gasteiger partial charge in [0.05, 0.1) is 25.6 Å². The van der Waals surface area contributed by atoms with Crippen LogP contribution in [0.4, 0.5) is 0 Å². The van der Waals surface area contributed by atoms with E-state index < -0.39 is 0 Å². The van der Waals surface area contributed by atoms with Crippen molar-refractivity contribution in [3.05, 3.63) is 11.8 Å². The first-order chi connectivity index (χ1) is 7.72. The Hall–Kier alpha value is -1.03. The van der Waals surface area contributed by atoms with Crippen molar-refractivity contribution in [2.24, 2.45) is 23.7 Å². The Morgan fingerprint density at radius 3 is 3.12 bits per heavy atom. The summed E-state index contributed by atoms with van der Waals surface area (Å²) >= 11 is 0. The lowest BCUT2D eigenvalue weighted by Crippen LogP contribution is -2.32. The van der Waals surface area contributed by atoms with Gasteiger partial charge in [0, 0.05) is 11.8 Å². The number of hydrogen-bond donors (Lipinski definition) is 0. The molecule has 16 heavy (non-hydrogen) atoms. The average Bonchev–Trinajstić information content (AvgIpc) is 2.85. The molecule has 3 rings (SSSR count). The summed E-state index contributed by atoms with van der Waals surface area (Å²) in [7, 11) is 1.41. The minimum absolute atomic E-state index is 0.145. The van der Waals surface area contributed by atoms with Gasteiger partial charge >= 0.3 is 5.97 Å². The molecule has 0 N–H and O–H groups in total. The topological polar surface area (TPSA) is 44.8 Å². The third-order valence-electron chi connectivity index (χ3n) is 4.23. The lowest BCUT2D eigenvalue weighted by Gasteiger charge is -2.29. The predicted octanol–water partition coefficient (Wildman–Crippen LogP) is 1.32. The summed E-state index contributed by atoms with van der Waals surface area (Å²) in [5.41, 5.74) is 0.684. The molecule has 1 saturated carbocycles. The van der Waals surface area contributed by atoms with Gasteiger partial charge in [-0.1, -0.05) is 6.92 Å². The third kappa shape index (κ3) is 1.22. The third-order valence-corrected chi connectivity index (χ3v) is 4.23. The van der Waals surface area contributed by atoms with E-state index in [1.165, 1.54) is 13.4 Å². The Balaban J connectivity index is 1.92. The van der Waals surface area contributed by atoms with E-state index in [9.17, 15) is 4.79 Å². The minimum atomic E-state index is -0.261. The molecule has 0 aromatic heterocycles. The summed E-state index contributed by atoms with van der Waals surface area (Å²) in [6, 6.07) is 0. The second kappa shape index (κ2) is 3.48. The van der Waals surface area contributed by atoms with Crippen LogP contribution < -0.4 is 0 Å². The van der Waals surface area contributed by atoms with Crippen LogP contribution in [0.3, 0.4) is 0 Å². The van der Waals surface area contributed by atoms with Crippen LogP contribution in [-0.2, 0) is 19.0 Å². The molecule has 0 amide bonds. The van der Waals surface area contributed by atoms with E-state index in [2.05, 4.69) is 6.92 Å². The Morgan fingerprint density at radius 2 is 2.38 bits per heavy atom. The number of hydrogen-bond acceptors (Lipinski definition) is 4. The Labute approximate surface area is 94.5 Å². The van der Waals surface area contributed by atoms with Crippen LogP contribution in [0.1, 0.15) is 13.3 Å². The molecule has 2 heterocycles. The van der Waals surface area contributed by atoms with E-state index in [4.69, 9.17) is 14.2 Å². The molecule has 5 atom stereocenters. The van der Waals surface area contributed by atoms with Crippen molar-refractivity contribution in [1.29, 1.82) is 0 Å². The first kappa shape index (κ1) is 10.1. The van der Waals surface area contributed by atoms with Crippen LogP contribution >= 0.6 is 0 Å². The molecule has 2 aliphatic heterocycles. The van der Waals surface area contributed by atoms with Crippen molar-refractivity contribution in [3.63, 3.8) is 0 Å². The zero-order valence-electron chi connectivity index (χ0n) is 9.51. The van der Waals surface area contributed by atoms with Gasteiger partial charge in [0.15, 0.2) is 0 Å². The molecule has 2 fully saturated rings. The smallest absolute Gasteiger partial charge is 0.337 e. The second-order valence-corrected chi connectivity index (χ2v) is 4.96. The van der Waals surface area contributed by atoms with Gasteiger partial charge in [-0.15, -0.1) is 0 Å². The van der Waals surface area contributed by atoms with Crippen molar-refractivity contribution in [1.82, 2.24) is 0 Å². The molecule has 0 spiro atoms. The zero-order valence-corrected chi connectivity index (χ0v) is 9.51. The molecular weight excluding hydrogens is 208 g/mol. The van der Waals surface area contributed by atoms with Gasteiger partial charge in [0.25, 0.3) is 0 Å². The normalized spacial score (nSPS) is 44.6. The standard InChI is InChI=1S/C12H16O4/c1-6-3-7-9(11(13)14-2)5-16-12-10(7)8(6)4-15-12/h5-8,10,12H,3-4H2,1-2H3/t6-,7-,8-,10+,12+/m1/s1. The summed E-state index contributed by atoms with van der Waals surface area (Å²) in [6.45, 7) is 2.99. The maximum atomic E-state index is 11.6. The lowest BCUT2D eigenvalue weighted by atomic mass is 9.84. The molecular formula is C12H16O4. The van der Waals surface area contributed by atoms with Gasteiger partial charge in [0.1, 0.15) is 0 Å². The Morgan fingerprint density at radius 1 is 1.56 bits per heavy atom. The van der Waals surface area contributed by atoms with Crippen molar-refractivity contribution in [3.8, 4) is 0 Å². The number of carbonyl (C=O) groups is 1. The summed E-state index contributed by atoms with van der Waals surface area (Å²) in [6.07, 6.45) is 2.44. The Kier molecular flexibility index (Phi) is 2.21. The summed E-state index contributed by atoms with van der Waals surface area (Å²) < 4.78 is 15.9. The molecule has 0 unspecified atom stereocenters. The fourth-order valence-electron chi connectivity index (χ4n) is 3.40. The number of rotatable bonds is 1. The highest BCUT2D eigenvalue weighted by Gasteiger charge is 2.55. The summed E-state index contributed by atoms with van der Waals surface area (Å²) in [5.74, 6) is 1.46. The second-order valence-electron chi connectivity index (χ2n) is 4.96. The van der Waals surface area contributed by atoms with Gasteiger partial charge in [-0.25, -0.2) is 4.79 Å². The van der Waals surface area contributed by atoms with Gasteiger partial charge in [0.2, 0.25) is 6.29 Å². The molecule has 0 aromatic carbocycles. The zero-order chi connectivity index (χ0) is 11.3. The average molecular weight is 224 g/mol. The molecule has 4 heteroatoms. The highest BCUT2D eigenvalue weighted by Crippen LogP contribution is 2.53. The van der Waals surface area contributed by atoms with Crippen LogP contribution in [0.2, 0.25) is 0 Å². The molecule has 0 radical (unpaired) electrons. The fraction of sp³-hybridized carbons (Fsp3) is 0.750. The molecule has 1 aliphatic carbocycles. The van der Waals surface area contributed by atoms with Gasteiger partial charge in [-0.3, -0.25) is 0 Å². The monoisotopic (exact) mass is 224 g/mol. The molecule has 0 bridgehead atoms. The maximum Gasteiger partial charge on any atom is 0.337 e. The van der Waals surface area contributed by atoms with Gasteiger partial charge in [-0.2, -0.15) is 0 Å². The van der Waals surface area contributed by atoms with Crippen LogP contribution in [-0.4, -0.2) is 26.0 Å². The SMILES string of the molecule is COC(=O)C1=CO[C@@H]2OC[C@H]3[C@@H]2[C@@H]1C[C@H]3C. The quantitative estimate of drug-likeness (QED) is 0.630. The van der Waals surface area contributed by atoms with Crippen LogP contribution in [0.15, 0.2) is 11.8 Å². The molecule has 4 nitrogen and oxygen atoms in total. The number of carbonyl (C=O) groups excluding carboxylic acids is 1. The number of methoxy groups -OCH3 is 1. The maximum absolute atomic E-state index is 11.6. The number of esters is 1. The summed E-state index contributed by atoms with van der Waals surface area (Å²) in [5, 5.41) is 0. The molecule has 1 saturated heterocycles. The van der Waals surface area contributed by atoms with Crippen molar-refractivity contribution in [2.75, 3.05) is 13.7 Å². The van der Waals surface area contributed by atoms with E-state index in [-0.39, 0.29) is 18.2 Å². The van der Waals surface area contributed by atoms with E-state index >= 15 is 0 Å². The van der Waals surface area contributed by atoms with Gasteiger partial charge < -0.3 is 14.2 Å². The Bertz CT molecular complexity index is 349. The number of ether oxygens (including phenoxy) is 3. The first-order valence-electron chi connectivity index (χ1n) is 5.78. The molecule has 3 aliphatic rings.